The molecule has 1 unspecified atom stereocenters. The molecule has 94 valence electrons. The number of amides is 1. The predicted molar refractivity (Wildman–Crippen MR) is 67.8 cm³/mol. The number of piperidine rings is 1. The summed E-state index contributed by atoms with van der Waals surface area (Å²) >= 11 is 5.61. The molecule has 1 aliphatic heterocycles. The lowest BCUT2D eigenvalue weighted by atomic mass is 10.1. The molecule has 1 rings (SSSR count). The zero-order valence-electron chi connectivity index (χ0n) is 10.2. The molecule has 0 bridgehead atoms. The molecule has 0 radical (unpaired) electrons. The summed E-state index contributed by atoms with van der Waals surface area (Å²) in [6.45, 7) is 6.19. The van der Waals surface area contributed by atoms with E-state index in [0.717, 1.165) is 19.5 Å². The van der Waals surface area contributed by atoms with Gasteiger partial charge >= 0.3 is 0 Å². The molecule has 1 atom stereocenters. The summed E-state index contributed by atoms with van der Waals surface area (Å²) in [6.07, 6.45) is 5.08. The molecule has 0 aromatic heterocycles. The minimum Gasteiger partial charge on any atom is -0.356 e. The second kappa shape index (κ2) is 7.91. The molecule has 1 fully saturated rings. The quantitative estimate of drug-likeness (QED) is 0.573. The highest BCUT2D eigenvalue weighted by Gasteiger charge is 2.11. The lowest BCUT2D eigenvalue weighted by Crippen LogP contribution is -2.35. The molecule has 0 spiro atoms. The van der Waals surface area contributed by atoms with Gasteiger partial charge in [-0.2, -0.15) is 0 Å². The van der Waals surface area contributed by atoms with E-state index in [1.165, 1.54) is 32.4 Å². The first-order valence-electron chi connectivity index (χ1n) is 6.30. The van der Waals surface area contributed by atoms with E-state index in [2.05, 4.69) is 10.2 Å². The van der Waals surface area contributed by atoms with Gasteiger partial charge in [-0.1, -0.05) is 13.3 Å². The van der Waals surface area contributed by atoms with Crippen molar-refractivity contribution < 1.29 is 4.79 Å². The third-order valence-corrected chi connectivity index (χ3v) is 3.54. The van der Waals surface area contributed by atoms with Gasteiger partial charge < -0.3 is 10.2 Å². The fourth-order valence-corrected chi connectivity index (χ4v) is 2.08. The van der Waals surface area contributed by atoms with Gasteiger partial charge in [-0.25, -0.2) is 0 Å². The van der Waals surface area contributed by atoms with Gasteiger partial charge in [0.2, 0.25) is 5.91 Å². The summed E-state index contributed by atoms with van der Waals surface area (Å²) in [7, 11) is 0. The van der Waals surface area contributed by atoms with Crippen molar-refractivity contribution in [3.63, 3.8) is 0 Å². The fourth-order valence-electron chi connectivity index (χ4n) is 1.94. The van der Waals surface area contributed by atoms with Crippen LogP contribution >= 0.6 is 11.6 Å². The molecule has 16 heavy (non-hydrogen) atoms. The van der Waals surface area contributed by atoms with Crippen molar-refractivity contribution in [1.29, 1.82) is 0 Å². The minimum atomic E-state index is -0.0725. The van der Waals surface area contributed by atoms with E-state index in [9.17, 15) is 4.79 Å². The molecule has 1 saturated heterocycles. The van der Waals surface area contributed by atoms with Crippen LogP contribution in [0, 0.1) is 5.92 Å². The Bertz CT molecular complexity index is 205. The number of alkyl halides is 1. The van der Waals surface area contributed by atoms with Gasteiger partial charge in [0.1, 0.15) is 0 Å². The zero-order valence-corrected chi connectivity index (χ0v) is 10.9. The van der Waals surface area contributed by atoms with E-state index < -0.39 is 0 Å². The smallest absolute Gasteiger partial charge is 0.224 e. The van der Waals surface area contributed by atoms with E-state index >= 15 is 0 Å². The Morgan fingerprint density at radius 1 is 1.38 bits per heavy atom. The summed E-state index contributed by atoms with van der Waals surface area (Å²) in [5.74, 6) is 0.406. The SMILES string of the molecule is CC(CCl)C(=O)NCCCN1CCCCC1. The Morgan fingerprint density at radius 2 is 2.06 bits per heavy atom. The maximum Gasteiger partial charge on any atom is 0.224 e. The standard InChI is InChI=1S/C12H23ClN2O/c1-11(10-13)12(16)14-6-5-9-15-7-3-2-4-8-15/h11H,2-10H2,1H3,(H,14,16). The lowest BCUT2D eigenvalue weighted by Gasteiger charge is -2.26. The van der Waals surface area contributed by atoms with Crippen LogP contribution in [-0.4, -0.2) is 42.9 Å². The predicted octanol–water partition coefficient (Wildman–Crippen LogP) is 1.85. The molecule has 0 aromatic rings. The van der Waals surface area contributed by atoms with E-state index in [1.54, 1.807) is 0 Å². The van der Waals surface area contributed by atoms with Crippen LogP contribution in [0.25, 0.3) is 0 Å². The fraction of sp³-hybridized carbons (Fsp3) is 0.917. The Hall–Kier alpha value is -0.280. The number of halogens is 1. The van der Waals surface area contributed by atoms with Gasteiger partial charge in [-0.15, -0.1) is 11.6 Å². The third kappa shape index (κ3) is 5.17. The largest absolute Gasteiger partial charge is 0.356 e. The van der Waals surface area contributed by atoms with Crippen molar-refractivity contribution in [2.75, 3.05) is 32.1 Å². The summed E-state index contributed by atoms with van der Waals surface area (Å²) in [4.78, 5) is 13.9. The molecule has 0 saturated carbocycles. The van der Waals surface area contributed by atoms with Crippen LogP contribution in [0.15, 0.2) is 0 Å². The number of carbonyl (C=O) groups is 1. The number of hydrogen-bond acceptors (Lipinski definition) is 2. The first-order valence-corrected chi connectivity index (χ1v) is 6.83. The molecule has 1 heterocycles. The summed E-state index contributed by atoms with van der Waals surface area (Å²) in [6, 6.07) is 0. The van der Waals surface area contributed by atoms with E-state index in [0.29, 0.717) is 5.88 Å². The highest BCUT2D eigenvalue weighted by Crippen LogP contribution is 2.08. The molecular formula is C12H23ClN2O. The molecule has 3 nitrogen and oxygen atoms in total. The average Bonchev–Trinajstić information content (AvgIpc) is 2.34. The highest BCUT2D eigenvalue weighted by molar-refractivity contribution is 6.19. The van der Waals surface area contributed by atoms with Crippen LogP contribution in [0.1, 0.15) is 32.6 Å². The second-order valence-corrected chi connectivity index (χ2v) is 4.91. The number of nitrogens with zero attached hydrogens (tertiary/aromatic N) is 1. The topological polar surface area (TPSA) is 32.3 Å². The van der Waals surface area contributed by atoms with Gasteiger partial charge in [-0.05, 0) is 38.9 Å². The van der Waals surface area contributed by atoms with Crippen molar-refractivity contribution in [3.8, 4) is 0 Å². The van der Waals surface area contributed by atoms with Gasteiger partial charge in [0.25, 0.3) is 0 Å². The molecule has 4 heteroatoms. The highest BCUT2D eigenvalue weighted by atomic mass is 35.5. The van der Waals surface area contributed by atoms with Gasteiger partial charge in [0.05, 0.1) is 0 Å². The van der Waals surface area contributed by atoms with Crippen LogP contribution in [0.4, 0.5) is 0 Å². The molecular weight excluding hydrogens is 224 g/mol. The van der Waals surface area contributed by atoms with Crippen LogP contribution in [0.2, 0.25) is 0 Å². The van der Waals surface area contributed by atoms with Gasteiger partial charge in [0, 0.05) is 18.3 Å². The number of rotatable bonds is 6. The maximum atomic E-state index is 11.4. The third-order valence-electron chi connectivity index (χ3n) is 3.08. The maximum absolute atomic E-state index is 11.4. The van der Waals surface area contributed by atoms with Gasteiger partial charge in [0.15, 0.2) is 0 Å². The van der Waals surface area contributed by atoms with Crippen LogP contribution in [-0.2, 0) is 4.79 Å². The second-order valence-electron chi connectivity index (χ2n) is 4.60. The van der Waals surface area contributed by atoms with E-state index in [1.807, 2.05) is 6.92 Å². The van der Waals surface area contributed by atoms with Crippen molar-refractivity contribution >= 4 is 17.5 Å². The van der Waals surface area contributed by atoms with E-state index in [-0.39, 0.29) is 11.8 Å². The Labute approximate surface area is 104 Å². The first-order chi connectivity index (χ1) is 7.74. The Morgan fingerprint density at radius 3 is 2.69 bits per heavy atom. The van der Waals surface area contributed by atoms with Crippen LogP contribution in [0.5, 0.6) is 0 Å². The summed E-state index contributed by atoms with van der Waals surface area (Å²) in [5.41, 5.74) is 0. The average molecular weight is 247 g/mol. The van der Waals surface area contributed by atoms with Crippen molar-refractivity contribution in [3.05, 3.63) is 0 Å². The van der Waals surface area contributed by atoms with E-state index in [4.69, 9.17) is 11.6 Å². The van der Waals surface area contributed by atoms with Crippen molar-refractivity contribution in [2.24, 2.45) is 5.92 Å². The minimum absolute atomic E-state index is 0.0725. The van der Waals surface area contributed by atoms with Crippen LogP contribution in [0.3, 0.4) is 0 Å². The zero-order chi connectivity index (χ0) is 11.8. The summed E-state index contributed by atoms with van der Waals surface area (Å²) < 4.78 is 0. The monoisotopic (exact) mass is 246 g/mol. The molecule has 1 aliphatic rings. The molecule has 0 aromatic carbocycles. The Balaban J connectivity index is 2.00. The number of likely N-dealkylation sites (tertiary alicyclic amines) is 1. The molecule has 1 N–H and O–H groups in total. The van der Waals surface area contributed by atoms with Crippen molar-refractivity contribution in [1.82, 2.24) is 10.2 Å². The first kappa shape index (κ1) is 13.8. The number of carbonyl (C=O) groups excluding carboxylic acids is 1. The molecule has 0 aliphatic carbocycles. The Kier molecular flexibility index (Phi) is 6.81. The normalized spacial score (nSPS) is 19.4. The number of hydrogen-bond donors (Lipinski definition) is 1. The summed E-state index contributed by atoms with van der Waals surface area (Å²) in [5, 5.41) is 2.92. The van der Waals surface area contributed by atoms with Crippen LogP contribution < -0.4 is 5.32 Å². The number of nitrogens with one attached hydrogen (secondary N) is 1. The lowest BCUT2D eigenvalue weighted by molar-refractivity contribution is -0.123. The van der Waals surface area contributed by atoms with Crippen molar-refractivity contribution in [2.45, 2.75) is 32.6 Å². The molecule has 1 amide bonds. The van der Waals surface area contributed by atoms with Gasteiger partial charge in [-0.3, -0.25) is 4.79 Å².